The molecule has 23 heavy (non-hydrogen) atoms. The van der Waals surface area contributed by atoms with Crippen molar-refractivity contribution in [2.24, 2.45) is 0 Å². The van der Waals surface area contributed by atoms with Gasteiger partial charge in [0, 0.05) is 23.0 Å². The van der Waals surface area contributed by atoms with Crippen molar-refractivity contribution in [1.29, 1.82) is 0 Å². The topological polar surface area (TPSA) is 98.0 Å². The molecule has 0 fully saturated rings. The zero-order chi connectivity index (χ0) is 17.0. The van der Waals surface area contributed by atoms with Gasteiger partial charge < -0.3 is 11.1 Å². The van der Waals surface area contributed by atoms with Crippen molar-refractivity contribution in [1.82, 2.24) is 9.97 Å². The highest BCUT2D eigenvalue weighted by molar-refractivity contribution is 8.00. The van der Waals surface area contributed by atoms with Gasteiger partial charge in [-0.25, -0.2) is 9.97 Å². The van der Waals surface area contributed by atoms with Crippen molar-refractivity contribution in [3.63, 3.8) is 0 Å². The van der Waals surface area contributed by atoms with Crippen molar-refractivity contribution in [2.45, 2.75) is 31.2 Å². The summed E-state index contributed by atoms with van der Waals surface area (Å²) in [6.07, 6.45) is 0. The first-order valence-corrected chi connectivity index (χ1v) is 7.93. The molecule has 0 saturated carbocycles. The number of amides is 1. The van der Waals surface area contributed by atoms with Crippen LogP contribution in [0.1, 0.15) is 29.9 Å². The Morgan fingerprint density at radius 2 is 2.00 bits per heavy atom. The normalized spacial score (nSPS) is 11.8. The molecule has 0 aliphatic heterocycles. The molecule has 1 unspecified atom stereocenters. The molecule has 1 aromatic carbocycles. The molecule has 0 radical (unpaired) electrons. The number of aryl methyl sites for hydroxylation is 1. The number of hydrogen-bond donors (Lipinski definition) is 2. The highest BCUT2D eigenvalue weighted by Gasteiger charge is 2.17. The lowest BCUT2D eigenvalue weighted by Crippen LogP contribution is -2.22. The van der Waals surface area contributed by atoms with Gasteiger partial charge in [0.25, 0.3) is 0 Å². The summed E-state index contributed by atoms with van der Waals surface area (Å²) in [6.45, 7) is 5.07. The van der Waals surface area contributed by atoms with Crippen molar-refractivity contribution in [2.75, 3.05) is 11.1 Å². The Bertz CT molecular complexity index is 728. The number of ketones is 1. The van der Waals surface area contributed by atoms with Crippen LogP contribution in [-0.2, 0) is 4.79 Å². The molecular weight excluding hydrogens is 312 g/mol. The fourth-order valence-electron chi connectivity index (χ4n) is 1.89. The summed E-state index contributed by atoms with van der Waals surface area (Å²) in [4.78, 5) is 32.0. The van der Waals surface area contributed by atoms with Crippen molar-refractivity contribution in [3.8, 4) is 0 Å². The predicted molar refractivity (Wildman–Crippen MR) is 91.6 cm³/mol. The van der Waals surface area contributed by atoms with E-state index >= 15 is 0 Å². The summed E-state index contributed by atoms with van der Waals surface area (Å²) >= 11 is 1.23. The minimum absolute atomic E-state index is 0.0489. The maximum absolute atomic E-state index is 12.3. The van der Waals surface area contributed by atoms with E-state index < -0.39 is 5.25 Å². The number of aromatic nitrogens is 2. The molecular formula is C16H18N4O2S. The smallest absolute Gasteiger partial charge is 0.237 e. The van der Waals surface area contributed by atoms with Crippen LogP contribution < -0.4 is 11.1 Å². The number of nitrogens with zero attached hydrogens (tertiary/aromatic N) is 2. The van der Waals surface area contributed by atoms with E-state index in [-0.39, 0.29) is 11.7 Å². The monoisotopic (exact) mass is 330 g/mol. The molecule has 2 aromatic rings. The van der Waals surface area contributed by atoms with Gasteiger partial charge in [-0.05, 0) is 32.9 Å². The Hall–Kier alpha value is -2.41. The molecule has 0 aliphatic rings. The minimum atomic E-state index is -0.405. The Kier molecular flexibility index (Phi) is 5.33. The number of nitrogens with two attached hydrogens (primary N) is 1. The predicted octanol–water partition coefficient (Wildman–Crippen LogP) is 2.69. The third-order valence-electron chi connectivity index (χ3n) is 3.04. The van der Waals surface area contributed by atoms with E-state index in [1.54, 1.807) is 37.3 Å². The first-order chi connectivity index (χ1) is 10.8. The maximum atomic E-state index is 12.3. The number of carbonyl (C=O) groups is 2. The highest BCUT2D eigenvalue weighted by atomic mass is 32.2. The second kappa shape index (κ2) is 7.23. The van der Waals surface area contributed by atoms with Gasteiger partial charge in [0.1, 0.15) is 5.82 Å². The number of nitrogen functional groups attached to an aromatic ring is 1. The highest BCUT2D eigenvalue weighted by Crippen LogP contribution is 2.22. The molecule has 2 rings (SSSR count). The first kappa shape index (κ1) is 17.0. The zero-order valence-electron chi connectivity index (χ0n) is 13.2. The fraction of sp³-hybridized carbons (Fsp3) is 0.250. The van der Waals surface area contributed by atoms with Gasteiger partial charge in [0.05, 0.1) is 5.25 Å². The molecule has 0 aliphatic carbocycles. The molecule has 0 saturated heterocycles. The van der Waals surface area contributed by atoms with Crippen molar-refractivity contribution < 1.29 is 9.59 Å². The van der Waals surface area contributed by atoms with E-state index in [1.807, 2.05) is 6.92 Å². The summed E-state index contributed by atoms with van der Waals surface area (Å²) < 4.78 is 0. The molecule has 1 amide bonds. The van der Waals surface area contributed by atoms with Crippen LogP contribution in [0.25, 0.3) is 0 Å². The van der Waals surface area contributed by atoms with Crippen LogP contribution in [-0.4, -0.2) is 26.9 Å². The van der Waals surface area contributed by atoms with Crippen LogP contribution in [0.3, 0.4) is 0 Å². The number of nitrogens with one attached hydrogen (secondary N) is 1. The Morgan fingerprint density at radius 3 is 2.65 bits per heavy atom. The lowest BCUT2D eigenvalue weighted by atomic mass is 10.1. The largest absolute Gasteiger partial charge is 0.384 e. The fourth-order valence-corrected chi connectivity index (χ4v) is 2.73. The molecule has 120 valence electrons. The third kappa shape index (κ3) is 4.79. The van der Waals surface area contributed by atoms with Crippen LogP contribution in [0.5, 0.6) is 0 Å². The SMILES string of the molecule is CC(=O)c1cccc(NC(=O)C(C)Sc2nc(C)cc(N)n2)c1. The van der Waals surface area contributed by atoms with E-state index in [0.29, 0.717) is 22.2 Å². The Morgan fingerprint density at radius 1 is 1.26 bits per heavy atom. The van der Waals surface area contributed by atoms with Gasteiger partial charge in [0.2, 0.25) is 5.91 Å². The molecule has 1 aromatic heterocycles. The second-order valence-electron chi connectivity index (χ2n) is 5.10. The number of Topliss-reactive ketones (excluding diaryl/α,β-unsaturated/α-hetero) is 1. The van der Waals surface area contributed by atoms with Gasteiger partial charge in [-0.2, -0.15) is 0 Å². The van der Waals surface area contributed by atoms with E-state index in [0.717, 1.165) is 5.69 Å². The summed E-state index contributed by atoms with van der Waals surface area (Å²) in [5.74, 6) is 0.133. The minimum Gasteiger partial charge on any atom is -0.384 e. The van der Waals surface area contributed by atoms with E-state index in [4.69, 9.17) is 5.73 Å². The molecule has 0 bridgehead atoms. The first-order valence-electron chi connectivity index (χ1n) is 7.05. The van der Waals surface area contributed by atoms with Crippen LogP contribution in [0.4, 0.5) is 11.5 Å². The Labute approximate surface area is 138 Å². The molecule has 6 nitrogen and oxygen atoms in total. The van der Waals surface area contributed by atoms with Crippen LogP contribution in [0.2, 0.25) is 0 Å². The summed E-state index contributed by atoms with van der Waals surface area (Å²) in [6, 6.07) is 8.50. The standard InChI is InChI=1S/C16H18N4O2S/c1-9-7-14(17)20-16(18-9)23-11(3)15(22)19-13-6-4-5-12(8-13)10(2)21/h4-8,11H,1-3H3,(H,19,22)(H2,17,18,20). The lowest BCUT2D eigenvalue weighted by Gasteiger charge is -2.12. The Balaban J connectivity index is 2.05. The van der Waals surface area contributed by atoms with Gasteiger partial charge in [-0.15, -0.1) is 0 Å². The molecule has 7 heteroatoms. The van der Waals surface area contributed by atoms with Crippen LogP contribution in [0, 0.1) is 6.92 Å². The van der Waals surface area contributed by atoms with Crippen molar-refractivity contribution in [3.05, 3.63) is 41.6 Å². The third-order valence-corrected chi connectivity index (χ3v) is 4.00. The van der Waals surface area contributed by atoms with E-state index in [1.165, 1.54) is 18.7 Å². The lowest BCUT2D eigenvalue weighted by molar-refractivity contribution is -0.115. The number of hydrogen-bond acceptors (Lipinski definition) is 6. The van der Waals surface area contributed by atoms with Crippen molar-refractivity contribution >= 4 is 35.0 Å². The van der Waals surface area contributed by atoms with Gasteiger partial charge in [-0.3, -0.25) is 9.59 Å². The number of benzene rings is 1. The van der Waals surface area contributed by atoms with Crippen LogP contribution in [0.15, 0.2) is 35.5 Å². The number of rotatable bonds is 5. The molecule has 3 N–H and O–H groups in total. The summed E-state index contributed by atoms with van der Waals surface area (Å²) in [7, 11) is 0. The number of thioether (sulfide) groups is 1. The maximum Gasteiger partial charge on any atom is 0.237 e. The number of anilines is 2. The van der Waals surface area contributed by atoms with Gasteiger partial charge >= 0.3 is 0 Å². The zero-order valence-corrected chi connectivity index (χ0v) is 14.0. The summed E-state index contributed by atoms with van der Waals surface area (Å²) in [5.41, 5.74) is 7.57. The van der Waals surface area contributed by atoms with E-state index in [9.17, 15) is 9.59 Å². The average molecular weight is 330 g/mol. The average Bonchev–Trinajstić information content (AvgIpc) is 2.46. The molecule has 0 spiro atoms. The van der Waals surface area contributed by atoms with E-state index in [2.05, 4.69) is 15.3 Å². The number of carbonyl (C=O) groups excluding carboxylic acids is 2. The second-order valence-corrected chi connectivity index (χ2v) is 6.41. The van der Waals surface area contributed by atoms with Gasteiger partial charge in [0.15, 0.2) is 10.9 Å². The summed E-state index contributed by atoms with van der Waals surface area (Å²) in [5, 5.41) is 2.84. The molecule has 1 atom stereocenters. The molecule has 1 heterocycles. The van der Waals surface area contributed by atoms with Crippen LogP contribution >= 0.6 is 11.8 Å². The van der Waals surface area contributed by atoms with Gasteiger partial charge in [-0.1, -0.05) is 23.9 Å². The quantitative estimate of drug-likeness (QED) is 0.497.